The van der Waals surface area contributed by atoms with E-state index in [1.54, 1.807) is 19.1 Å². The van der Waals surface area contributed by atoms with Crippen molar-refractivity contribution in [2.24, 2.45) is 5.73 Å². The lowest BCUT2D eigenvalue weighted by Crippen LogP contribution is -2.25. The summed E-state index contributed by atoms with van der Waals surface area (Å²) in [5.74, 6) is -1.04. The van der Waals surface area contributed by atoms with Crippen molar-refractivity contribution in [3.63, 3.8) is 0 Å². The summed E-state index contributed by atoms with van der Waals surface area (Å²) in [6.07, 6.45) is 0. The molecule has 1 heterocycles. The zero-order valence-corrected chi connectivity index (χ0v) is 12.0. The van der Waals surface area contributed by atoms with E-state index in [1.807, 2.05) is 0 Å². The minimum Gasteiger partial charge on any atom is -0.465 e. The summed E-state index contributed by atoms with van der Waals surface area (Å²) in [4.78, 5) is -0.646. The molecule has 1 aromatic carbocycles. The maximum Gasteiger partial charge on any atom is 0.243 e. The van der Waals surface area contributed by atoms with Crippen LogP contribution in [0.5, 0.6) is 0 Å². The number of hydrogen-bond donors (Lipinski definition) is 2. The molecule has 0 saturated carbocycles. The Labute approximate surface area is 120 Å². The normalized spacial score (nSPS) is 11.8. The molecule has 8 heteroatoms. The van der Waals surface area contributed by atoms with E-state index in [1.165, 1.54) is 0 Å². The van der Waals surface area contributed by atoms with Crippen LogP contribution in [0, 0.1) is 18.6 Å². The molecule has 0 atom stereocenters. The van der Waals surface area contributed by atoms with Crippen molar-refractivity contribution in [1.82, 2.24) is 4.72 Å². The van der Waals surface area contributed by atoms with Gasteiger partial charge < -0.3 is 10.2 Å². The van der Waals surface area contributed by atoms with Crippen LogP contribution in [0.1, 0.15) is 17.1 Å². The highest BCUT2D eigenvalue weighted by molar-refractivity contribution is 7.89. The highest BCUT2D eigenvalue weighted by Crippen LogP contribution is 2.21. The van der Waals surface area contributed by atoms with Crippen molar-refractivity contribution < 1.29 is 21.6 Å². The van der Waals surface area contributed by atoms with Gasteiger partial charge in [0.1, 0.15) is 22.2 Å². The Morgan fingerprint density at radius 1 is 1.24 bits per heavy atom. The summed E-state index contributed by atoms with van der Waals surface area (Å²) < 4.78 is 58.8. The molecular formula is C13H14F2N2O3S. The van der Waals surface area contributed by atoms with Gasteiger partial charge >= 0.3 is 0 Å². The van der Waals surface area contributed by atoms with E-state index in [0.29, 0.717) is 11.5 Å². The quantitative estimate of drug-likeness (QED) is 0.881. The lowest BCUT2D eigenvalue weighted by atomic mass is 10.2. The van der Waals surface area contributed by atoms with E-state index < -0.39 is 38.7 Å². The van der Waals surface area contributed by atoms with Crippen LogP contribution in [0.4, 0.5) is 8.78 Å². The molecule has 3 N–H and O–H groups in total. The molecule has 0 unspecified atom stereocenters. The van der Waals surface area contributed by atoms with E-state index in [-0.39, 0.29) is 6.54 Å². The van der Waals surface area contributed by atoms with Gasteiger partial charge in [-0.05, 0) is 31.2 Å². The highest BCUT2D eigenvalue weighted by Gasteiger charge is 2.23. The van der Waals surface area contributed by atoms with Gasteiger partial charge in [-0.15, -0.1) is 0 Å². The van der Waals surface area contributed by atoms with Gasteiger partial charge in [-0.25, -0.2) is 21.9 Å². The number of sulfonamides is 1. The number of furan rings is 1. The Bertz CT molecular complexity index is 757. The third-order valence-electron chi connectivity index (χ3n) is 2.88. The third-order valence-corrected chi connectivity index (χ3v) is 4.30. The molecular weight excluding hydrogens is 302 g/mol. The Balaban J connectivity index is 2.27. The van der Waals surface area contributed by atoms with E-state index in [9.17, 15) is 17.2 Å². The smallest absolute Gasteiger partial charge is 0.243 e. The average Bonchev–Trinajstić information content (AvgIpc) is 2.83. The van der Waals surface area contributed by atoms with Crippen LogP contribution in [-0.4, -0.2) is 8.42 Å². The van der Waals surface area contributed by atoms with Crippen LogP contribution >= 0.6 is 0 Å². The number of aryl methyl sites for hydroxylation is 1. The molecule has 0 fully saturated rings. The highest BCUT2D eigenvalue weighted by atomic mass is 32.2. The van der Waals surface area contributed by atoms with Gasteiger partial charge in [-0.1, -0.05) is 0 Å². The largest absolute Gasteiger partial charge is 0.465 e. The molecule has 2 rings (SSSR count). The molecule has 0 amide bonds. The molecule has 0 spiro atoms. The molecule has 0 bridgehead atoms. The number of halogens is 2. The SMILES string of the molecule is Cc1ccc(CNS(=O)(=O)c2ccc(F)c(CN)c2F)o1. The van der Waals surface area contributed by atoms with Crippen LogP contribution in [-0.2, 0) is 23.1 Å². The van der Waals surface area contributed by atoms with Crippen molar-refractivity contribution in [3.8, 4) is 0 Å². The van der Waals surface area contributed by atoms with Crippen LogP contribution in [0.3, 0.4) is 0 Å². The first-order chi connectivity index (χ1) is 9.85. The second kappa shape index (κ2) is 5.92. The second-order valence-corrected chi connectivity index (χ2v) is 6.11. The van der Waals surface area contributed by atoms with Gasteiger partial charge in [0, 0.05) is 12.1 Å². The number of nitrogens with one attached hydrogen (secondary N) is 1. The molecule has 5 nitrogen and oxygen atoms in total. The van der Waals surface area contributed by atoms with Crippen LogP contribution in [0.25, 0.3) is 0 Å². The fourth-order valence-electron chi connectivity index (χ4n) is 1.79. The summed E-state index contributed by atoms with van der Waals surface area (Å²) in [5, 5.41) is 0. The van der Waals surface area contributed by atoms with Gasteiger partial charge in [-0.2, -0.15) is 0 Å². The Hall–Kier alpha value is -1.77. The molecule has 0 aliphatic heterocycles. The first kappa shape index (κ1) is 15.6. The van der Waals surface area contributed by atoms with Crippen LogP contribution in [0.2, 0.25) is 0 Å². The van der Waals surface area contributed by atoms with Gasteiger partial charge in [0.15, 0.2) is 5.82 Å². The molecule has 0 radical (unpaired) electrons. The maximum atomic E-state index is 14.0. The summed E-state index contributed by atoms with van der Waals surface area (Å²) >= 11 is 0. The predicted molar refractivity (Wildman–Crippen MR) is 71.7 cm³/mol. The summed E-state index contributed by atoms with van der Waals surface area (Å²) in [6, 6.07) is 5.01. The van der Waals surface area contributed by atoms with E-state index in [4.69, 9.17) is 10.2 Å². The number of benzene rings is 1. The standard InChI is InChI=1S/C13H14F2N2O3S/c1-8-2-3-9(20-8)7-17-21(18,19)12-5-4-11(14)10(6-16)13(12)15/h2-5,17H,6-7,16H2,1H3. The van der Waals surface area contributed by atoms with Gasteiger partial charge in [-0.3, -0.25) is 0 Å². The monoisotopic (exact) mass is 316 g/mol. The summed E-state index contributed by atoms with van der Waals surface area (Å²) in [7, 11) is -4.14. The van der Waals surface area contributed by atoms with Crippen molar-refractivity contribution in [2.75, 3.05) is 0 Å². The van der Waals surface area contributed by atoms with Gasteiger partial charge in [0.25, 0.3) is 0 Å². The van der Waals surface area contributed by atoms with Crippen molar-refractivity contribution in [1.29, 1.82) is 0 Å². The minimum atomic E-state index is -4.14. The zero-order chi connectivity index (χ0) is 15.6. The molecule has 1 aromatic heterocycles. The van der Waals surface area contributed by atoms with E-state index in [2.05, 4.69) is 4.72 Å². The lowest BCUT2D eigenvalue weighted by molar-refractivity contribution is 0.474. The molecule has 21 heavy (non-hydrogen) atoms. The van der Waals surface area contributed by atoms with Crippen LogP contribution < -0.4 is 10.5 Å². The number of hydrogen-bond acceptors (Lipinski definition) is 4. The molecule has 0 aliphatic rings. The van der Waals surface area contributed by atoms with Crippen LogP contribution in [0.15, 0.2) is 33.6 Å². The topological polar surface area (TPSA) is 85.3 Å². The molecule has 0 saturated heterocycles. The molecule has 114 valence electrons. The third kappa shape index (κ3) is 3.29. The fourth-order valence-corrected chi connectivity index (χ4v) is 2.89. The fraction of sp³-hybridized carbons (Fsp3) is 0.231. The maximum absolute atomic E-state index is 14.0. The Morgan fingerprint density at radius 3 is 2.52 bits per heavy atom. The number of nitrogens with two attached hydrogens (primary N) is 1. The van der Waals surface area contributed by atoms with Crippen molar-refractivity contribution in [2.45, 2.75) is 24.9 Å². The second-order valence-electron chi connectivity index (χ2n) is 4.38. The first-order valence-electron chi connectivity index (χ1n) is 6.07. The minimum absolute atomic E-state index is 0.134. The summed E-state index contributed by atoms with van der Waals surface area (Å²) in [5.41, 5.74) is 4.76. The Morgan fingerprint density at radius 2 is 1.95 bits per heavy atom. The average molecular weight is 316 g/mol. The van der Waals surface area contributed by atoms with Gasteiger partial charge in [0.05, 0.1) is 6.54 Å². The predicted octanol–water partition coefficient (Wildman–Crippen LogP) is 1.80. The van der Waals surface area contributed by atoms with E-state index >= 15 is 0 Å². The molecule has 0 aliphatic carbocycles. The lowest BCUT2D eigenvalue weighted by Gasteiger charge is -2.09. The van der Waals surface area contributed by atoms with Gasteiger partial charge in [0.2, 0.25) is 10.0 Å². The van der Waals surface area contributed by atoms with E-state index in [0.717, 1.165) is 12.1 Å². The first-order valence-corrected chi connectivity index (χ1v) is 7.55. The molecule has 2 aromatic rings. The van der Waals surface area contributed by atoms with Crippen molar-refractivity contribution >= 4 is 10.0 Å². The van der Waals surface area contributed by atoms with Crippen molar-refractivity contribution in [3.05, 3.63) is 53.0 Å². The Kier molecular flexibility index (Phi) is 4.40. The number of rotatable bonds is 5. The zero-order valence-electron chi connectivity index (χ0n) is 11.2. The summed E-state index contributed by atoms with van der Waals surface area (Å²) in [6.45, 7) is 1.15.